The van der Waals surface area contributed by atoms with Gasteiger partial charge in [0.15, 0.2) is 0 Å². The van der Waals surface area contributed by atoms with Crippen molar-refractivity contribution in [2.45, 2.75) is 26.8 Å². The van der Waals surface area contributed by atoms with Gasteiger partial charge in [0.05, 0.1) is 0 Å². The lowest BCUT2D eigenvalue weighted by atomic mass is 10.1. The van der Waals surface area contributed by atoms with E-state index >= 15 is 0 Å². The molecule has 0 unspecified atom stereocenters. The second kappa shape index (κ2) is 4.24. The number of carbonyl (C=O) groups excluding carboxylic acids is 1. The van der Waals surface area contributed by atoms with Gasteiger partial charge in [0.2, 0.25) is 0 Å². The third-order valence-corrected chi connectivity index (χ3v) is 1.91. The number of carbonyl (C=O) groups is 1. The molecule has 1 aromatic carbocycles. The van der Waals surface area contributed by atoms with E-state index in [1.54, 1.807) is 13.0 Å². The maximum atomic E-state index is 11.2. The average Bonchev–Trinajstić information content (AvgIpc) is 2.09. The van der Waals surface area contributed by atoms with E-state index in [9.17, 15) is 4.79 Å². The van der Waals surface area contributed by atoms with Gasteiger partial charge in [-0.3, -0.25) is 0 Å². The van der Waals surface area contributed by atoms with Gasteiger partial charge in [0.1, 0.15) is 11.8 Å². The lowest BCUT2D eigenvalue weighted by Crippen LogP contribution is -2.31. The highest BCUT2D eigenvalue weighted by Crippen LogP contribution is 2.18. The molecule has 0 aromatic heterocycles. The predicted octanol–water partition coefficient (Wildman–Crippen LogP) is 1.56. The van der Waals surface area contributed by atoms with E-state index in [4.69, 9.17) is 10.5 Å². The first-order valence-electron chi connectivity index (χ1n) is 4.55. The van der Waals surface area contributed by atoms with E-state index in [0.717, 1.165) is 11.1 Å². The second-order valence-electron chi connectivity index (χ2n) is 3.48. The number of rotatable bonds is 2. The molecule has 3 heteroatoms. The molecule has 14 heavy (non-hydrogen) atoms. The van der Waals surface area contributed by atoms with Crippen LogP contribution in [0, 0.1) is 13.8 Å². The quantitative estimate of drug-likeness (QED) is 0.572. The minimum absolute atomic E-state index is 0.406. The third kappa shape index (κ3) is 2.57. The molecule has 1 aromatic rings. The van der Waals surface area contributed by atoms with Crippen molar-refractivity contribution in [3.8, 4) is 5.75 Å². The van der Waals surface area contributed by atoms with Crippen LogP contribution in [0.15, 0.2) is 18.2 Å². The summed E-state index contributed by atoms with van der Waals surface area (Å²) in [5, 5.41) is 0. The fourth-order valence-corrected chi connectivity index (χ4v) is 1.12. The van der Waals surface area contributed by atoms with Crippen LogP contribution in [0.25, 0.3) is 0 Å². The zero-order valence-electron chi connectivity index (χ0n) is 8.70. The van der Waals surface area contributed by atoms with Gasteiger partial charge < -0.3 is 10.5 Å². The van der Waals surface area contributed by atoms with E-state index in [2.05, 4.69) is 0 Å². The molecule has 0 fully saturated rings. The van der Waals surface area contributed by atoms with Gasteiger partial charge in [0, 0.05) is 0 Å². The summed E-state index contributed by atoms with van der Waals surface area (Å²) in [5.41, 5.74) is 7.47. The molecule has 76 valence electrons. The molecule has 0 bridgehead atoms. The number of aryl methyl sites for hydroxylation is 2. The van der Waals surface area contributed by atoms with Crippen molar-refractivity contribution in [1.82, 2.24) is 0 Å². The van der Waals surface area contributed by atoms with Crippen molar-refractivity contribution in [3.63, 3.8) is 0 Å². The molecule has 0 spiro atoms. The third-order valence-electron chi connectivity index (χ3n) is 1.91. The molecular weight excluding hydrogens is 178 g/mol. The monoisotopic (exact) mass is 193 g/mol. The van der Waals surface area contributed by atoms with E-state index in [0.29, 0.717) is 5.75 Å². The number of ether oxygens (including phenoxy) is 1. The SMILES string of the molecule is Cc1ccc(OC(=O)[C@H](C)N)c(C)c1. The Balaban J connectivity index is 2.82. The molecular formula is C11H15NO2. The van der Waals surface area contributed by atoms with Gasteiger partial charge in [-0.25, -0.2) is 4.79 Å². The van der Waals surface area contributed by atoms with Crippen molar-refractivity contribution >= 4 is 5.97 Å². The highest BCUT2D eigenvalue weighted by molar-refractivity contribution is 5.77. The molecule has 1 rings (SSSR count). The summed E-state index contributed by atoms with van der Waals surface area (Å²) in [4.78, 5) is 11.2. The molecule has 0 amide bonds. The van der Waals surface area contributed by atoms with E-state index in [1.165, 1.54) is 0 Å². The zero-order chi connectivity index (χ0) is 10.7. The number of nitrogens with two attached hydrogens (primary N) is 1. The average molecular weight is 193 g/mol. The highest BCUT2D eigenvalue weighted by Gasteiger charge is 2.11. The Morgan fingerprint density at radius 3 is 2.57 bits per heavy atom. The fourth-order valence-electron chi connectivity index (χ4n) is 1.12. The molecule has 2 N–H and O–H groups in total. The predicted molar refractivity (Wildman–Crippen MR) is 55.2 cm³/mol. The van der Waals surface area contributed by atoms with Gasteiger partial charge in [0.25, 0.3) is 0 Å². The van der Waals surface area contributed by atoms with Crippen LogP contribution in [0.4, 0.5) is 0 Å². The van der Waals surface area contributed by atoms with Crippen LogP contribution >= 0.6 is 0 Å². The Labute approximate surface area is 83.9 Å². The molecule has 3 nitrogen and oxygen atoms in total. The smallest absolute Gasteiger partial charge is 0.328 e. The zero-order valence-corrected chi connectivity index (χ0v) is 8.70. The van der Waals surface area contributed by atoms with Crippen LogP contribution in [0.3, 0.4) is 0 Å². The first-order valence-corrected chi connectivity index (χ1v) is 4.55. The Morgan fingerprint density at radius 1 is 1.43 bits per heavy atom. The Kier molecular flexibility index (Phi) is 3.25. The van der Waals surface area contributed by atoms with Crippen LogP contribution in [0.5, 0.6) is 5.75 Å². The maximum Gasteiger partial charge on any atom is 0.328 e. The van der Waals surface area contributed by atoms with Crippen molar-refractivity contribution in [3.05, 3.63) is 29.3 Å². The minimum atomic E-state index is -0.587. The first-order chi connectivity index (χ1) is 6.50. The summed E-state index contributed by atoms with van der Waals surface area (Å²) in [7, 11) is 0. The van der Waals surface area contributed by atoms with Crippen molar-refractivity contribution in [1.29, 1.82) is 0 Å². The number of benzene rings is 1. The number of hydrogen-bond acceptors (Lipinski definition) is 3. The van der Waals surface area contributed by atoms with Crippen molar-refractivity contribution in [2.75, 3.05) is 0 Å². The van der Waals surface area contributed by atoms with Gasteiger partial charge in [-0.2, -0.15) is 0 Å². The number of esters is 1. The molecule has 0 aliphatic heterocycles. The second-order valence-corrected chi connectivity index (χ2v) is 3.48. The molecule has 0 radical (unpaired) electrons. The fraction of sp³-hybridized carbons (Fsp3) is 0.364. The maximum absolute atomic E-state index is 11.2. The summed E-state index contributed by atoms with van der Waals surface area (Å²) in [6, 6.07) is 5.06. The molecule has 0 saturated heterocycles. The van der Waals surface area contributed by atoms with Gasteiger partial charge >= 0.3 is 5.97 Å². The van der Waals surface area contributed by atoms with E-state index in [1.807, 2.05) is 26.0 Å². The molecule has 0 aliphatic carbocycles. The summed E-state index contributed by atoms with van der Waals surface area (Å²) in [6.45, 7) is 5.49. The van der Waals surface area contributed by atoms with E-state index < -0.39 is 12.0 Å². The molecule has 1 atom stereocenters. The molecule has 0 heterocycles. The Morgan fingerprint density at radius 2 is 2.07 bits per heavy atom. The van der Waals surface area contributed by atoms with Crippen LogP contribution in [0.2, 0.25) is 0 Å². The van der Waals surface area contributed by atoms with Gasteiger partial charge in [-0.05, 0) is 32.4 Å². The highest BCUT2D eigenvalue weighted by atomic mass is 16.5. The summed E-state index contributed by atoms with van der Waals surface area (Å²) >= 11 is 0. The summed E-state index contributed by atoms with van der Waals surface area (Å²) in [6.07, 6.45) is 0. The van der Waals surface area contributed by atoms with Crippen molar-refractivity contribution < 1.29 is 9.53 Å². The van der Waals surface area contributed by atoms with Crippen LogP contribution in [0.1, 0.15) is 18.1 Å². The standard InChI is InChI=1S/C11H15NO2/c1-7-4-5-10(8(2)6-7)14-11(13)9(3)12/h4-6,9H,12H2,1-3H3/t9-/m0/s1. The normalized spacial score (nSPS) is 12.3. The lowest BCUT2D eigenvalue weighted by molar-refractivity contribution is -0.135. The molecule has 0 saturated carbocycles. The number of hydrogen-bond donors (Lipinski definition) is 1. The Bertz CT molecular complexity index is 345. The van der Waals surface area contributed by atoms with E-state index in [-0.39, 0.29) is 0 Å². The summed E-state index contributed by atoms with van der Waals surface area (Å²) < 4.78 is 5.10. The molecule has 0 aliphatic rings. The summed E-state index contributed by atoms with van der Waals surface area (Å²) in [5.74, 6) is 0.176. The topological polar surface area (TPSA) is 52.3 Å². The lowest BCUT2D eigenvalue weighted by Gasteiger charge is -2.09. The van der Waals surface area contributed by atoms with Crippen LogP contribution < -0.4 is 10.5 Å². The Hall–Kier alpha value is -1.35. The van der Waals surface area contributed by atoms with Crippen LogP contribution in [-0.4, -0.2) is 12.0 Å². The van der Waals surface area contributed by atoms with Gasteiger partial charge in [-0.1, -0.05) is 17.7 Å². The van der Waals surface area contributed by atoms with Crippen molar-refractivity contribution in [2.24, 2.45) is 5.73 Å². The largest absolute Gasteiger partial charge is 0.425 e. The minimum Gasteiger partial charge on any atom is -0.425 e. The van der Waals surface area contributed by atoms with Crippen LogP contribution in [-0.2, 0) is 4.79 Å². The first kappa shape index (κ1) is 10.7. The van der Waals surface area contributed by atoms with Gasteiger partial charge in [-0.15, -0.1) is 0 Å².